The first-order valence-corrected chi connectivity index (χ1v) is 20.2. The van der Waals surface area contributed by atoms with E-state index in [0.717, 1.165) is 19.6 Å². The molecule has 3 aliphatic heterocycles. The normalized spacial score (nSPS) is 21.0. The van der Waals surface area contributed by atoms with Gasteiger partial charge in [-0.15, -0.1) is 56.0 Å². The summed E-state index contributed by atoms with van der Waals surface area (Å²) in [6.07, 6.45) is 11.4. The molecule has 3 aromatic heterocycles. The number of fused-ring (bicyclic) bond motifs is 3. The topological polar surface area (TPSA) is 42.3 Å². The van der Waals surface area contributed by atoms with E-state index in [0.29, 0.717) is 18.1 Å². The standard InChI is InChI=1S/3C14H15NS.Ir/c3*1-10-5-6-11-9-14(16-13(11)8-10)12-4-2-3-7-15-12;/h3*5-6,8,12H,2-4,7H2,1H3;/q3*-2;. The van der Waals surface area contributed by atoms with Gasteiger partial charge < -0.3 is 16.0 Å². The molecule has 3 atom stereocenters. The molecule has 1 radical (unpaired) electrons. The Kier molecular flexibility index (Phi) is 13.2. The zero-order valence-corrected chi connectivity index (χ0v) is 33.7. The summed E-state index contributed by atoms with van der Waals surface area (Å²) in [6, 6.07) is 31.6. The first-order valence-electron chi connectivity index (χ1n) is 17.8. The molecule has 0 amide bonds. The predicted octanol–water partition coefficient (Wildman–Crippen LogP) is 13.8. The van der Waals surface area contributed by atoms with Crippen LogP contribution in [0.3, 0.4) is 0 Å². The summed E-state index contributed by atoms with van der Waals surface area (Å²) < 4.78 is 4.07. The minimum absolute atomic E-state index is 0. The van der Waals surface area contributed by atoms with Crippen LogP contribution in [0.25, 0.3) is 46.2 Å². The van der Waals surface area contributed by atoms with Gasteiger partial charge in [-0.1, -0.05) is 121 Å². The number of hydrogen-bond donors (Lipinski definition) is 0. The molecule has 3 aromatic carbocycles. The molecule has 3 unspecified atom stereocenters. The van der Waals surface area contributed by atoms with Gasteiger partial charge in [-0.2, -0.15) is 52.6 Å². The van der Waals surface area contributed by atoms with E-state index in [1.54, 1.807) is 0 Å². The smallest absolute Gasteiger partial charge is 0 e. The van der Waals surface area contributed by atoms with Crippen LogP contribution in [0.4, 0.5) is 0 Å². The second-order valence-electron chi connectivity index (χ2n) is 13.5. The summed E-state index contributed by atoms with van der Waals surface area (Å²) >= 11 is 5.61. The van der Waals surface area contributed by atoms with Crippen molar-refractivity contribution in [3.8, 4) is 0 Å². The van der Waals surface area contributed by atoms with Crippen molar-refractivity contribution in [3.05, 3.63) is 120 Å². The Labute approximate surface area is 318 Å². The van der Waals surface area contributed by atoms with Gasteiger partial charge in [0.1, 0.15) is 0 Å². The summed E-state index contributed by atoms with van der Waals surface area (Å²) in [6.45, 7) is 9.53. The minimum Gasteiger partial charge on any atom is -0.656 e. The van der Waals surface area contributed by atoms with Gasteiger partial charge in [-0.3, -0.25) is 0 Å². The molecule has 3 nitrogen and oxygen atoms in total. The fourth-order valence-electron chi connectivity index (χ4n) is 6.74. The molecule has 0 bridgehead atoms. The summed E-state index contributed by atoms with van der Waals surface area (Å²) in [5.74, 6) is 0. The van der Waals surface area contributed by atoms with Crippen molar-refractivity contribution in [2.75, 3.05) is 19.6 Å². The van der Waals surface area contributed by atoms with Crippen LogP contribution < -0.4 is 0 Å². The quantitative estimate of drug-likeness (QED) is 0.159. The van der Waals surface area contributed by atoms with E-state index in [-0.39, 0.29) is 20.1 Å². The second-order valence-corrected chi connectivity index (χ2v) is 16.8. The van der Waals surface area contributed by atoms with Crippen LogP contribution >= 0.6 is 34.0 Å². The minimum atomic E-state index is 0. The van der Waals surface area contributed by atoms with Crippen molar-refractivity contribution in [1.29, 1.82) is 0 Å². The Morgan fingerprint density at radius 3 is 1.04 bits per heavy atom. The molecule has 3 fully saturated rings. The third kappa shape index (κ3) is 9.50. The second kappa shape index (κ2) is 17.5. The average Bonchev–Trinajstić information content (AvgIpc) is 3.86. The number of hydrogen-bond acceptors (Lipinski definition) is 3. The van der Waals surface area contributed by atoms with Crippen LogP contribution in [0.15, 0.2) is 54.6 Å². The van der Waals surface area contributed by atoms with E-state index in [9.17, 15) is 0 Å². The summed E-state index contributed by atoms with van der Waals surface area (Å²) in [4.78, 5) is 4.00. The zero-order valence-electron chi connectivity index (χ0n) is 28.8. The van der Waals surface area contributed by atoms with Gasteiger partial charge in [0.05, 0.1) is 0 Å². The Bertz CT molecular complexity index is 1710. The fourth-order valence-corrected chi connectivity index (χ4v) is 10.3. The predicted molar refractivity (Wildman–Crippen MR) is 211 cm³/mol. The van der Waals surface area contributed by atoms with Crippen molar-refractivity contribution in [2.45, 2.75) is 96.7 Å². The Hall–Kier alpha value is -1.93. The molecule has 3 aliphatic rings. The van der Waals surface area contributed by atoms with Crippen LogP contribution in [-0.4, -0.2) is 19.6 Å². The summed E-state index contributed by atoms with van der Waals surface area (Å²) in [7, 11) is 0. The number of nitrogens with zero attached hydrogens (tertiary/aromatic N) is 3. The molecular formula is C42H45IrN3S3-6. The number of rotatable bonds is 3. The monoisotopic (exact) mass is 880 g/mol. The van der Waals surface area contributed by atoms with Crippen molar-refractivity contribution < 1.29 is 20.1 Å². The molecule has 0 aliphatic carbocycles. The molecule has 6 aromatic rings. The average molecular weight is 880 g/mol. The third-order valence-corrected chi connectivity index (χ3v) is 12.9. The number of benzene rings is 3. The van der Waals surface area contributed by atoms with Gasteiger partial charge in [0.15, 0.2) is 0 Å². The van der Waals surface area contributed by atoms with Crippen LogP contribution in [-0.2, 0) is 20.1 Å². The SMILES string of the molecule is Cc1ccc2[c-]c(C3CCCC[N-]3)sc2c1.Cc1ccc2[c-]c(C3CCCC[N-]3)sc2c1.Cc1ccc2[c-]c(C3CCCC[N-]3)sc2c1.[Ir]. The molecular weight excluding hydrogens is 835 g/mol. The summed E-state index contributed by atoms with van der Waals surface area (Å²) in [5, 5.41) is 17.9. The van der Waals surface area contributed by atoms with E-state index >= 15 is 0 Å². The van der Waals surface area contributed by atoms with Gasteiger partial charge in [0.25, 0.3) is 0 Å². The molecule has 261 valence electrons. The van der Waals surface area contributed by atoms with Crippen molar-refractivity contribution in [2.24, 2.45) is 0 Å². The Balaban J connectivity index is 0.000000126. The molecule has 7 heteroatoms. The molecule has 0 spiro atoms. The molecule has 9 rings (SSSR count). The first kappa shape index (κ1) is 36.8. The van der Waals surface area contributed by atoms with Crippen molar-refractivity contribution in [3.63, 3.8) is 0 Å². The van der Waals surface area contributed by atoms with Gasteiger partial charge in [0.2, 0.25) is 0 Å². The van der Waals surface area contributed by atoms with Crippen LogP contribution in [0.5, 0.6) is 0 Å². The maximum absolute atomic E-state index is 4.70. The molecule has 3 saturated heterocycles. The molecule has 0 N–H and O–H groups in total. The van der Waals surface area contributed by atoms with Crippen molar-refractivity contribution in [1.82, 2.24) is 0 Å². The zero-order chi connectivity index (χ0) is 32.9. The third-order valence-electron chi connectivity index (χ3n) is 9.46. The summed E-state index contributed by atoms with van der Waals surface area (Å²) in [5.41, 5.74) is 3.99. The molecule has 49 heavy (non-hydrogen) atoms. The fraction of sp³-hybridized carbons (Fsp3) is 0.429. The molecule has 0 saturated carbocycles. The Morgan fingerprint density at radius 2 is 0.776 bits per heavy atom. The maximum Gasteiger partial charge on any atom is 0 e. The van der Waals surface area contributed by atoms with Crippen LogP contribution in [0.2, 0.25) is 0 Å². The van der Waals surface area contributed by atoms with E-state index in [4.69, 9.17) is 16.0 Å². The van der Waals surface area contributed by atoms with Crippen LogP contribution in [0.1, 0.15) is 107 Å². The number of piperidine rings is 3. The van der Waals surface area contributed by atoms with E-state index in [1.807, 2.05) is 34.0 Å². The molecule has 6 heterocycles. The van der Waals surface area contributed by atoms with E-state index in [1.165, 1.54) is 119 Å². The van der Waals surface area contributed by atoms with Gasteiger partial charge in [0, 0.05) is 20.1 Å². The van der Waals surface area contributed by atoms with Crippen LogP contribution in [0, 0.1) is 39.0 Å². The first-order chi connectivity index (χ1) is 23.5. The van der Waals surface area contributed by atoms with Gasteiger partial charge >= 0.3 is 0 Å². The number of thiophene rings is 3. The van der Waals surface area contributed by atoms with Gasteiger partial charge in [-0.25, -0.2) is 34.0 Å². The van der Waals surface area contributed by atoms with Crippen molar-refractivity contribution >= 4 is 64.3 Å². The maximum atomic E-state index is 4.70. The Morgan fingerprint density at radius 1 is 0.469 bits per heavy atom. The van der Waals surface area contributed by atoms with E-state index in [2.05, 4.69) is 93.6 Å². The largest absolute Gasteiger partial charge is 0.656 e. The van der Waals surface area contributed by atoms with E-state index < -0.39 is 0 Å². The number of aryl methyl sites for hydroxylation is 3. The van der Waals surface area contributed by atoms with Gasteiger partial charge in [-0.05, 0) is 20.8 Å².